The highest BCUT2D eigenvalue weighted by atomic mass is 32.1. The zero-order valence-corrected chi connectivity index (χ0v) is 31.4. The van der Waals surface area contributed by atoms with E-state index in [2.05, 4.69) is 205 Å². The van der Waals surface area contributed by atoms with Crippen molar-refractivity contribution in [1.82, 2.24) is 0 Å². The van der Waals surface area contributed by atoms with Crippen molar-refractivity contribution >= 4 is 90.9 Å². The summed E-state index contributed by atoms with van der Waals surface area (Å²) in [6, 6.07) is 73.3. The van der Waals surface area contributed by atoms with E-state index >= 15 is 0 Å². The van der Waals surface area contributed by atoms with Crippen molar-refractivity contribution in [1.29, 1.82) is 0 Å². The molecular formula is C52H33NS2. The van der Waals surface area contributed by atoms with Gasteiger partial charge in [0.15, 0.2) is 0 Å². The zero-order valence-electron chi connectivity index (χ0n) is 29.8. The Morgan fingerprint density at radius 1 is 0.327 bits per heavy atom. The van der Waals surface area contributed by atoms with Crippen LogP contribution in [0.15, 0.2) is 200 Å². The summed E-state index contributed by atoms with van der Waals surface area (Å²) in [6.07, 6.45) is 0. The molecule has 0 unspecified atom stereocenters. The quantitative estimate of drug-likeness (QED) is 0.164. The monoisotopic (exact) mass is 735 g/mol. The highest BCUT2D eigenvalue weighted by Crippen LogP contribution is 2.51. The van der Waals surface area contributed by atoms with E-state index in [1.165, 1.54) is 95.9 Å². The van der Waals surface area contributed by atoms with Crippen LogP contribution in [0.3, 0.4) is 0 Å². The molecule has 55 heavy (non-hydrogen) atoms. The third kappa shape index (κ3) is 5.35. The van der Waals surface area contributed by atoms with Gasteiger partial charge in [0.1, 0.15) is 0 Å². The van der Waals surface area contributed by atoms with Gasteiger partial charge in [-0.3, -0.25) is 0 Å². The van der Waals surface area contributed by atoms with Gasteiger partial charge in [-0.05, 0) is 80.6 Å². The van der Waals surface area contributed by atoms with Gasteiger partial charge in [-0.15, -0.1) is 22.7 Å². The first-order chi connectivity index (χ1) is 27.3. The highest BCUT2D eigenvalue weighted by Gasteiger charge is 2.23. The maximum atomic E-state index is 2.50. The second-order valence-electron chi connectivity index (χ2n) is 14.0. The molecule has 2 aromatic heterocycles. The molecule has 258 valence electrons. The van der Waals surface area contributed by atoms with Crippen molar-refractivity contribution in [2.45, 2.75) is 0 Å². The van der Waals surface area contributed by atoms with Gasteiger partial charge in [-0.2, -0.15) is 0 Å². The molecule has 0 atom stereocenters. The fraction of sp³-hybridized carbons (Fsp3) is 0. The lowest BCUT2D eigenvalue weighted by molar-refractivity contribution is 1.32. The number of benzene rings is 9. The molecule has 0 fully saturated rings. The molecule has 0 spiro atoms. The minimum absolute atomic E-state index is 1.13. The van der Waals surface area contributed by atoms with E-state index in [9.17, 15) is 0 Å². The Morgan fingerprint density at radius 3 is 1.67 bits per heavy atom. The standard InChI is InChI=1S/C52H33NS2/c1-3-14-36(15-4-1)41-31-32-42(37-16-5-2-6-17-37)52-49(41)45-21-12-23-47(51(45)55-52)53(46-22-11-20-44-43-19-9-10-24-48(43)54-50(44)46)40-29-27-35(28-30-40)39-26-25-34-13-7-8-18-38(34)33-39/h1-33H. The van der Waals surface area contributed by atoms with Gasteiger partial charge in [0.05, 0.1) is 20.8 Å². The van der Waals surface area contributed by atoms with Gasteiger partial charge in [0, 0.05) is 36.6 Å². The molecule has 2 heterocycles. The van der Waals surface area contributed by atoms with Crippen molar-refractivity contribution in [3.05, 3.63) is 200 Å². The first-order valence-corrected chi connectivity index (χ1v) is 20.3. The Kier molecular flexibility index (Phi) is 7.61. The highest BCUT2D eigenvalue weighted by molar-refractivity contribution is 7.27. The Labute approximate surface area is 327 Å². The fourth-order valence-electron chi connectivity index (χ4n) is 8.25. The summed E-state index contributed by atoms with van der Waals surface area (Å²) in [7, 11) is 0. The molecule has 0 aliphatic carbocycles. The third-order valence-electron chi connectivity index (χ3n) is 10.9. The lowest BCUT2D eigenvalue weighted by Gasteiger charge is -2.27. The van der Waals surface area contributed by atoms with Crippen molar-refractivity contribution in [3.63, 3.8) is 0 Å². The van der Waals surface area contributed by atoms with Crippen LogP contribution in [0.4, 0.5) is 17.1 Å². The fourth-order valence-corrected chi connectivity index (χ4v) is 10.8. The summed E-state index contributed by atoms with van der Waals surface area (Å²) in [4.78, 5) is 2.50. The van der Waals surface area contributed by atoms with Gasteiger partial charge in [0.2, 0.25) is 0 Å². The van der Waals surface area contributed by atoms with Crippen molar-refractivity contribution in [2.24, 2.45) is 0 Å². The number of anilines is 3. The van der Waals surface area contributed by atoms with E-state index in [1.54, 1.807) is 0 Å². The Hall–Kier alpha value is -6.52. The minimum Gasteiger partial charge on any atom is -0.308 e. The SMILES string of the molecule is c1ccc(-c2ccc(-c3ccccc3)c3c2sc2c(N(c4ccc(-c5ccc6ccccc6c5)cc4)c4cccc5c4sc4ccccc45)cccc23)cc1. The molecule has 0 aliphatic heterocycles. The molecule has 0 aliphatic rings. The van der Waals surface area contributed by atoms with E-state index < -0.39 is 0 Å². The van der Waals surface area contributed by atoms with Crippen molar-refractivity contribution in [3.8, 4) is 33.4 Å². The Morgan fingerprint density at radius 2 is 0.909 bits per heavy atom. The molecule has 11 aromatic rings. The first-order valence-electron chi connectivity index (χ1n) is 18.7. The van der Waals surface area contributed by atoms with E-state index in [0.717, 1.165) is 5.69 Å². The predicted octanol–water partition coefficient (Wildman–Crippen LogP) is 16.0. The molecule has 0 saturated heterocycles. The van der Waals surface area contributed by atoms with Crippen LogP contribution < -0.4 is 4.90 Å². The van der Waals surface area contributed by atoms with Crippen LogP contribution in [-0.4, -0.2) is 0 Å². The number of hydrogen-bond donors (Lipinski definition) is 0. The predicted molar refractivity (Wildman–Crippen MR) is 241 cm³/mol. The van der Waals surface area contributed by atoms with E-state index in [1.807, 2.05) is 22.7 Å². The summed E-state index contributed by atoms with van der Waals surface area (Å²) in [5.41, 5.74) is 10.9. The van der Waals surface area contributed by atoms with Crippen LogP contribution in [0.2, 0.25) is 0 Å². The molecule has 11 rings (SSSR count). The largest absolute Gasteiger partial charge is 0.308 e. The number of rotatable bonds is 6. The van der Waals surface area contributed by atoms with Gasteiger partial charge in [0.25, 0.3) is 0 Å². The molecule has 0 bridgehead atoms. The van der Waals surface area contributed by atoms with Crippen LogP contribution in [-0.2, 0) is 0 Å². The van der Waals surface area contributed by atoms with Gasteiger partial charge < -0.3 is 4.90 Å². The molecule has 0 radical (unpaired) electrons. The molecule has 9 aromatic carbocycles. The summed E-state index contributed by atoms with van der Waals surface area (Å²) in [5, 5.41) is 7.68. The molecular weight excluding hydrogens is 703 g/mol. The number of hydrogen-bond acceptors (Lipinski definition) is 3. The van der Waals surface area contributed by atoms with E-state index in [-0.39, 0.29) is 0 Å². The topological polar surface area (TPSA) is 3.24 Å². The first kappa shape index (κ1) is 32.0. The van der Waals surface area contributed by atoms with Gasteiger partial charge in [-0.25, -0.2) is 0 Å². The average Bonchev–Trinajstić information content (AvgIpc) is 3.84. The number of fused-ring (bicyclic) bond motifs is 7. The van der Waals surface area contributed by atoms with Crippen LogP contribution in [0, 0.1) is 0 Å². The lowest BCUT2D eigenvalue weighted by Crippen LogP contribution is -2.10. The Bertz CT molecular complexity index is 3190. The molecule has 0 N–H and O–H groups in total. The maximum Gasteiger partial charge on any atom is 0.0640 e. The average molecular weight is 736 g/mol. The zero-order chi connectivity index (χ0) is 36.3. The Balaban J connectivity index is 1.17. The van der Waals surface area contributed by atoms with Crippen LogP contribution in [0.25, 0.3) is 84.5 Å². The summed E-state index contributed by atoms with van der Waals surface area (Å²) < 4.78 is 5.17. The number of thiophene rings is 2. The summed E-state index contributed by atoms with van der Waals surface area (Å²) >= 11 is 3.79. The lowest BCUT2D eigenvalue weighted by atomic mass is 9.95. The molecule has 0 saturated carbocycles. The van der Waals surface area contributed by atoms with Crippen molar-refractivity contribution in [2.75, 3.05) is 4.90 Å². The maximum absolute atomic E-state index is 2.50. The molecule has 1 nitrogen and oxygen atoms in total. The van der Waals surface area contributed by atoms with Crippen molar-refractivity contribution < 1.29 is 0 Å². The van der Waals surface area contributed by atoms with Gasteiger partial charge in [-0.1, -0.05) is 164 Å². The normalized spacial score (nSPS) is 11.6. The van der Waals surface area contributed by atoms with Crippen LogP contribution in [0.5, 0.6) is 0 Å². The van der Waals surface area contributed by atoms with Crippen LogP contribution in [0.1, 0.15) is 0 Å². The van der Waals surface area contributed by atoms with Gasteiger partial charge >= 0.3 is 0 Å². The molecule has 3 heteroatoms. The number of nitrogens with zero attached hydrogens (tertiary/aromatic N) is 1. The summed E-state index contributed by atoms with van der Waals surface area (Å²) in [5.74, 6) is 0. The second kappa shape index (κ2) is 13.1. The van der Waals surface area contributed by atoms with E-state index in [4.69, 9.17) is 0 Å². The smallest absolute Gasteiger partial charge is 0.0640 e. The minimum atomic E-state index is 1.13. The van der Waals surface area contributed by atoms with Crippen LogP contribution >= 0.6 is 22.7 Å². The van der Waals surface area contributed by atoms with E-state index in [0.29, 0.717) is 0 Å². The molecule has 0 amide bonds. The third-order valence-corrected chi connectivity index (χ3v) is 13.3. The second-order valence-corrected chi connectivity index (χ2v) is 16.1. The summed E-state index contributed by atoms with van der Waals surface area (Å²) in [6.45, 7) is 0.